The Kier molecular flexibility index (Phi) is 5.17. The number of nitrogens with zero attached hydrogens (tertiary/aromatic N) is 2. The van der Waals surface area contributed by atoms with E-state index in [1.54, 1.807) is 18.3 Å². The number of aryl methyl sites for hydroxylation is 1. The Hall–Kier alpha value is -1.82. The van der Waals surface area contributed by atoms with Gasteiger partial charge in [-0.3, -0.25) is 4.79 Å². The molecule has 106 valence electrons. The Morgan fingerprint density at radius 2 is 2.15 bits per heavy atom. The van der Waals surface area contributed by atoms with E-state index in [1.165, 1.54) is 23.9 Å². The first kappa shape index (κ1) is 14.6. The Morgan fingerprint density at radius 1 is 1.40 bits per heavy atom. The maximum absolute atomic E-state index is 12.7. The average Bonchev–Trinajstić information content (AvgIpc) is 2.92. The number of carbonyl (C=O) groups is 1. The number of aromatic nitrogens is 2. The fourth-order valence-electron chi connectivity index (χ4n) is 1.66. The molecule has 1 heterocycles. The molecule has 1 N–H and O–H groups in total. The lowest BCUT2D eigenvalue weighted by molar-refractivity contribution is -0.118. The summed E-state index contributed by atoms with van der Waals surface area (Å²) in [4.78, 5) is 15.9. The van der Waals surface area contributed by atoms with Gasteiger partial charge in [-0.15, -0.1) is 0 Å². The number of benzene rings is 1. The largest absolute Gasteiger partial charge is 0.351 e. The van der Waals surface area contributed by atoms with E-state index >= 15 is 0 Å². The van der Waals surface area contributed by atoms with Crippen LogP contribution in [-0.4, -0.2) is 21.2 Å². The fraction of sp³-hybridized carbons (Fsp3) is 0.286. The zero-order valence-electron chi connectivity index (χ0n) is 11.2. The van der Waals surface area contributed by atoms with Crippen LogP contribution in [0.1, 0.15) is 12.5 Å². The van der Waals surface area contributed by atoms with E-state index in [1.807, 2.05) is 17.7 Å². The number of rotatable bonds is 6. The van der Waals surface area contributed by atoms with Crippen molar-refractivity contribution in [3.05, 3.63) is 48.0 Å². The molecule has 0 aliphatic carbocycles. The topological polar surface area (TPSA) is 46.9 Å². The van der Waals surface area contributed by atoms with Crippen LogP contribution in [0.5, 0.6) is 0 Å². The Morgan fingerprint density at radius 3 is 2.85 bits per heavy atom. The smallest absolute Gasteiger partial charge is 0.230 e. The molecule has 0 aliphatic heterocycles. The van der Waals surface area contributed by atoms with Crippen molar-refractivity contribution >= 4 is 17.7 Å². The van der Waals surface area contributed by atoms with Crippen molar-refractivity contribution < 1.29 is 9.18 Å². The van der Waals surface area contributed by atoms with Crippen LogP contribution < -0.4 is 5.32 Å². The highest BCUT2D eigenvalue weighted by molar-refractivity contribution is 7.99. The lowest BCUT2D eigenvalue weighted by atomic mass is 10.2. The quantitative estimate of drug-likeness (QED) is 0.832. The minimum absolute atomic E-state index is 0.0648. The molecule has 6 heteroatoms. The maximum Gasteiger partial charge on any atom is 0.230 e. The van der Waals surface area contributed by atoms with Crippen LogP contribution in [0.2, 0.25) is 0 Å². The van der Waals surface area contributed by atoms with E-state index in [0.29, 0.717) is 12.3 Å². The molecule has 0 atom stereocenters. The first-order chi connectivity index (χ1) is 9.69. The molecule has 2 rings (SSSR count). The molecule has 0 fully saturated rings. The standard InChI is InChI=1S/C14H16FN3OS/c1-2-18-8-7-16-14(18)20-10-13(19)17-9-11-3-5-12(15)6-4-11/h3-8H,2,9-10H2,1H3,(H,17,19). The zero-order chi connectivity index (χ0) is 14.4. The van der Waals surface area contributed by atoms with Crippen molar-refractivity contribution in [2.75, 3.05) is 5.75 Å². The third kappa shape index (κ3) is 4.09. The van der Waals surface area contributed by atoms with Gasteiger partial charge >= 0.3 is 0 Å². The second-order valence-electron chi connectivity index (χ2n) is 4.19. The van der Waals surface area contributed by atoms with Gasteiger partial charge in [0.05, 0.1) is 5.75 Å². The van der Waals surface area contributed by atoms with Crippen LogP contribution in [-0.2, 0) is 17.9 Å². The van der Waals surface area contributed by atoms with Gasteiger partial charge in [-0.25, -0.2) is 9.37 Å². The highest BCUT2D eigenvalue weighted by Gasteiger charge is 2.06. The van der Waals surface area contributed by atoms with Crippen LogP contribution in [0.25, 0.3) is 0 Å². The third-order valence-corrected chi connectivity index (χ3v) is 3.76. The number of carbonyl (C=O) groups excluding carboxylic acids is 1. The predicted octanol–water partition coefficient (Wildman–Crippen LogP) is 2.45. The number of amides is 1. The Labute approximate surface area is 121 Å². The molecule has 0 unspecified atom stereocenters. The van der Waals surface area contributed by atoms with Gasteiger partial charge in [-0.1, -0.05) is 23.9 Å². The van der Waals surface area contributed by atoms with Crippen molar-refractivity contribution in [3.63, 3.8) is 0 Å². The Bertz CT molecular complexity index is 568. The van der Waals surface area contributed by atoms with Crippen LogP contribution in [0, 0.1) is 5.82 Å². The maximum atomic E-state index is 12.7. The molecule has 0 bridgehead atoms. The predicted molar refractivity (Wildman–Crippen MR) is 76.9 cm³/mol. The monoisotopic (exact) mass is 293 g/mol. The van der Waals surface area contributed by atoms with Gasteiger partial charge < -0.3 is 9.88 Å². The molecule has 20 heavy (non-hydrogen) atoms. The molecule has 0 aliphatic rings. The van der Waals surface area contributed by atoms with E-state index < -0.39 is 0 Å². The number of hydrogen-bond acceptors (Lipinski definition) is 3. The summed E-state index contributed by atoms with van der Waals surface area (Å²) in [7, 11) is 0. The van der Waals surface area contributed by atoms with Gasteiger partial charge in [0.1, 0.15) is 5.82 Å². The summed E-state index contributed by atoms with van der Waals surface area (Å²) >= 11 is 1.40. The van der Waals surface area contributed by atoms with Crippen LogP contribution in [0.4, 0.5) is 4.39 Å². The van der Waals surface area contributed by atoms with Gasteiger partial charge in [0, 0.05) is 25.5 Å². The van der Waals surface area contributed by atoms with Crippen LogP contribution >= 0.6 is 11.8 Å². The molecule has 1 amide bonds. The number of thioether (sulfide) groups is 1. The molecule has 0 radical (unpaired) electrons. The van der Waals surface area contributed by atoms with Crippen LogP contribution in [0.3, 0.4) is 0 Å². The lowest BCUT2D eigenvalue weighted by Gasteiger charge is -2.06. The van der Waals surface area contributed by atoms with Crippen LogP contribution in [0.15, 0.2) is 41.8 Å². The van der Waals surface area contributed by atoms with Gasteiger partial charge in [0.15, 0.2) is 5.16 Å². The fourth-order valence-corrected chi connectivity index (χ4v) is 2.51. The van der Waals surface area contributed by atoms with Gasteiger partial charge in [0.25, 0.3) is 0 Å². The summed E-state index contributed by atoms with van der Waals surface area (Å²) in [6.45, 7) is 3.27. The van der Waals surface area contributed by atoms with Gasteiger partial charge in [-0.2, -0.15) is 0 Å². The summed E-state index contributed by atoms with van der Waals surface area (Å²) in [5, 5.41) is 3.64. The number of hydrogen-bond donors (Lipinski definition) is 1. The lowest BCUT2D eigenvalue weighted by Crippen LogP contribution is -2.24. The Balaban J connectivity index is 1.77. The van der Waals surface area contributed by atoms with E-state index in [2.05, 4.69) is 10.3 Å². The van der Waals surface area contributed by atoms with E-state index in [9.17, 15) is 9.18 Å². The molecule has 0 saturated carbocycles. The molecule has 1 aromatic carbocycles. The zero-order valence-corrected chi connectivity index (χ0v) is 12.0. The number of halogens is 1. The SMILES string of the molecule is CCn1ccnc1SCC(=O)NCc1ccc(F)cc1. The third-order valence-electron chi connectivity index (χ3n) is 2.75. The van der Waals surface area contributed by atoms with Crippen molar-refractivity contribution in [3.8, 4) is 0 Å². The summed E-state index contributed by atoms with van der Waals surface area (Å²) in [6, 6.07) is 6.09. The molecule has 2 aromatic rings. The first-order valence-electron chi connectivity index (χ1n) is 6.34. The molecule has 4 nitrogen and oxygen atoms in total. The molecule has 0 spiro atoms. The second-order valence-corrected chi connectivity index (χ2v) is 5.13. The summed E-state index contributed by atoms with van der Waals surface area (Å²) in [5.74, 6) is -0.0231. The minimum atomic E-state index is -0.276. The normalized spacial score (nSPS) is 10.5. The number of nitrogens with one attached hydrogen (secondary N) is 1. The van der Waals surface area contributed by atoms with Crippen molar-refractivity contribution in [1.29, 1.82) is 0 Å². The summed E-state index contributed by atoms with van der Waals surface area (Å²) in [5.41, 5.74) is 0.875. The summed E-state index contributed by atoms with van der Waals surface area (Å²) in [6.07, 6.45) is 3.61. The highest BCUT2D eigenvalue weighted by atomic mass is 32.2. The molecular weight excluding hydrogens is 277 g/mol. The molecule has 1 aromatic heterocycles. The van der Waals surface area contributed by atoms with E-state index in [0.717, 1.165) is 17.3 Å². The summed E-state index contributed by atoms with van der Waals surface area (Å²) < 4.78 is 14.7. The van der Waals surface area contributed by atoms with Gasteiger partial charge in [0.2, 0.25) is 5.91 Å². The van der Waals surface area contributed by atoms with Gasteiger partial charge in [-0.05, 0) is 24.6 Å². The molecule has 0 saturated heterocycles. The van der Waals surface area contributed by atoms with E-state index in [-0.39, 0.29) is 11.7 Å². The second kappa shape index (κ2) is 7.09. The first-order valence-corrected chi connectivity index (χ1v) is 7.32. The average molecular weight is 293 g/mol. The van der Waals surface area contributed by atoms with Crippen molar-refractivity contribution in [2.45, 2.75) is 25.2 Å². The van der Waals surface area contributed by atoms with Crippen molar-refractivity contribution in [2.24, 2.45) is 0 Å². The van der Waals surface area contributed by atoms with E-state index in [4.69, 9.17) is 0 Å². The minimum Gasteiger partial charge on any atom is -0.351 e. The number of imidazole rings is 1. The molecular formula is C14H16FN3OS. The highest BCUT2D eigenvalue weighted by Crippen LogP contribution is 2.15. The van der Waals surface area contributed by atoms with Crippen molar-refractivity contribution in [1.82, 2.24) is 14.9 Å².